The van der Waals surface area contributed by atoms with Crippen LogP contribution in [0.25, 0.3) is 10.9 Å². The number of anilines is 2. The van der Waals surface area contributed by atoms with E-state index in [1.54, 1.807) is 12.1 Å². The average Bonchev–Trinajstić information content (AvgIpc) is 3.12. The molecule has 0 saturated carbocycles. The van der Waals surface area contributed by atoms with Gasteiger partial charge in [-0.3, -0.25) is 4.79 Å². The van der Waals surface area contributed by atoms with E-state index in [0.717, 1.165) is 17.6 Å². The Kier molecular flexibility index (Phi) is 4.78. The molecule has 6 nitrogen and oxygen atoms in total. The molecule has 134 valence electrons. The normalized spacial score (nSPS) is 10.7. The number of nitrogens with one attached hydrogen (secondary N) is 3. The second-order valence-corrected chi connectivity index (χ2v) is 6.16. The van der Waals surface area contributed by atoms with Gasteiger partial charge in [0.05, 0.1) is 0 Å². The summed E-state index contributed by atoms with van der Waals surface area (Å²) in [5.41, 5.74) is 3.50. The fourth-order valence-electron chi connectivity index (χ4n) is 2.93. The Morgan fingerprint density at radius 3 is 2.56 bits per heavy atom. The molecule has 0 bridgehead atoms. The highest BCUT2D eigenvalue weighted by atomic mass is 16.1. The third kappa shape index (κ3) is 3.95. The number of hydrogen-bond acceptors (Lipinski definition) is 4. The predicted octanol–water partition coefficient (Wildman–Crippen LogP) is 3.67. The number of benzene rings is 2. The lowest BCUT2D eigenvalue weighted by Crippen LogP contribution is -2.26. The zero-order valence-corrected chi connectivity index (χ0v) is 14.6. The lowest BCUT2D eigenvalue weighted by atomic mass is 10.1. The fourth-order valence-corrected chi connectivity index (χ4v) is 2.93. The molecule has 0 unspecified atom stereocenters. The van der Waals surface area contributed by atoms with Gasteiger partial charge in [0.1, 0.15) is 0 Å². The molecule has 1 amide bonds. The van der Waals surface area contributed by atoms with E-state index in [0.29, 0.717) is 18.1 Å². The maximum absolute atomic E-state index is 12.3. The molecule has 0 saturated heterocycles. The summed E-state index contributed by atoms with van der Waals surface area (Å²) in [5, 5.41) is 15.3. The summed E-state index contributed by atoms with van der Waals surface area (Å²) < 4.78 is 0. The third-order valence-electron chi connectivity index (χ3n) is 4.30. The van der Waals surface area contributed by atoms with E-state index in [-0.39, 0.29) is 5.91 Å². The van der Waals surface area contributed by atoms with Crippen molar-refractivity contribution >= 4 is 28.3 Å². The number of para-hydroxylation sites is 2. The van der Waals surface area contributed by atoms with Gasteiger partial charge in [-0.25, -0.2) is 0 Å². The first-order valence-electron chi connectivity index (χ1n) is 8.78. The van der Waals surface area contributed by atoms with Gasteiger partial charge in [0.25, 0.3) is 5.91 Å². The van der Waals surface area contributed by atoms with Gasteiger partial charge in [0.15, 0.2) is 11.5 Å². The summed E-state index contributed by atoms with van der Waals surface area (Å²) >= 11 is 0. The minimum Gasteiger partial charge on any atom is -0.361 e. The first kappa shape index (κ1) is 16.8. The van der Waals surface area contributed by atoms with Crippen LogP contribution in [0, 0.1) is 0 Å². The summed E-state index contributed by atoms with van der Waals surface area (Å²) in [5.74, 6) is 0.366. The van der Waals surface area contributed by atoms with Crippen LogP contribution in [0.15, 0.2) is 72.9 Å². The van der Waals surface area contributed by atoms with Crippen molar-refractivity contribution in [3.05, 3.63) is 84.2 Å². The molecule has 2 aromatic carbocycles. The fraction of sp³-hybridized carbons (Fsp3) is 0.0952. The number of amides is 1. The molecule has 0 fully saturated rings. The van der Waals surface area contributed by atoms with Crippen LogP contribution >= 0.6 is 0 Å². The van der Waals surface area contributed by atoms with Gasteiger partial charge in [-0.2, -0.15) is 0 Å². The first-order valence-corrected chi connectivity index (χ1v) is 8.78. The van der Waals surface area contributed by atoms with Crippen LogP contribution in [0.5, 0.6) is 0 Å². The standard InChI is InChI=1S/C21H19N5O/c27-21(22-13-12-15-14-23-18-9-5-4-8-17(15)18)19-10-11-20(26-25-19)24-16-6-2-1-3-7-16/h1-11,14,23H,12-13H2,(H,22,27)(H,24,26). The number of H-pyrrole nitrogens is 1. The molecule has 0 aliphatic rings. The number of nitrogens with zero attached hydrogens (tertiary/aromatic N) is 2. The molecule has 27 heavy (non-hydrogen) atoms. The summed E-state index contributed by atoms with van der Waals surface area (Å²) in [6.45, 7) is 0.534. The van der Waals surface area contributed by atoms with Crippen LogP contribution in [0.1, 0.15) is 16.1 Å². The Bertz CT molecular complexity index is 1040. The van der Waals surface area contributed by atoms with Crippen LogP contribution in [0.4, 0.5) is 11.5 Å². The summed E-state index contributed by atoms with van der Waals surface area (Å²) in [4.78, 5) is 15.5. The van der Waals surface area contributed by atoms with Gasteiger partial charge < -0.3 is 15.6 Å². The maximum atomic E-state index is 12.3. The number of hydrogen-bond donors (Lipinski definition) is 3. The van der Waals surface area contributed by atoms with Gasteiger partial charge in [-0.05, 0) is 42.3 Å². The summed E-state index contributed by atoms with van der Waals surface area (Å²) in [6.07, 6.45) is 2.73. The van der Waals surface area contributed by atoms with Crippen LogP contribution in [0.3, 0.4) is 0 Å². The number of carbonyl (C=O) groups is 1. The van der Waals surface area contributed by atoms with Crippen LogP contribution in [-0.4, -0.2) is 27.6 Å². The molecule has 0 aliphatic carbocycles. The second kappa shape index (κ2) is 7.70. The molecule has 0 radical (unpaired) electrons. The molecule has 0 atom stereocenters. The van der Waals surface area contributed by atoms with Crippen LogP contribution < -0.4 is 10.6 Å². The van der Waals surface area contributed by atoms with Crippen molar-refractivity contribution in [3.63, 3.8) is 0 Å². The highest BCUT2D eigenvalue weighted by Crippen LogP contribution is 2.17. The average molecular weight is 357 g/mol. The largest absolute Gasteiger partial charge is 0.361 e. The highest BCUT2D eigenvalue weighted by Gasteiger charge is 2.09. The molecule has 3 N–H and O–H groups in total. The van der Waals surface area contributed by atoms with Crippen molar-refractivity contribution in [2.24, 2.45) is 0 Å². The minimum absolute atomic E-state index is 0.228. The van der Waals surface area contributed by atoms with Crippen molar-refractivity contribution in [1.29, 1.82) is 0 Å². The van der Waals surface area contributed by atoms with Crippen molar-refractivity contribution in [1.82, 2.24) is 20.5 Å². The molecular weight excluding hydrogens is 338 g/mol. The Morgan fingerprint density at radius 2 is 1.74 bits per heavy atom. The van der Waals surface area contributed by atoms with Crippen LogP contribution in [-0.2, 0) is 6.42 Å². The molecule has 6 heteroatoms. The first-order chi connectivity index (χ1) is 13.3. The van der Waals surface area contributed by atoms with E-state index >= 15 is 0 Å². The van der Waals surface area contributed by atoms with E-state index in [2.05, 4.69) is 31.9 Å². The number of carbonyl (C=O) groups excluding carboxylic acids is 1. The van der Waals surface area contributed by atoms with E-state index in [4.69, 9.17) is 0 Å². The number of aromatic nitrogens is 3. The second-order valence-electron chi connectivity index (χ2n) is 6.16. The molecule has 0 spiro atoms. The Hall–Kier alpha value is -3.67. The molecule has 2 aromatic heterocycles. The van der Waals surface area contributed by atoms with Crippen molar-refractivity contribution in [2.45, 2.75) is 6.42 Å². The van der Waals surface area contributed by atoms with Gasteiger partial charge in [0, 0.05) is 29.3 Å². The number of rotatable bonds is 6. The SMILES string of the molecule is O=C(NCCc1c[nH]c2ccccc12)c1ccc(Nc2ccccc2)nn1. The molecule has 2 heterocycles. The van der Waals surface area contributed by atoms with Crippen molar-refractivity contribution in [2.75, 3.05) is 11.9 Å². The number of fused-ring (bicyclic) bond motifs is 1. The molecule has 4 rings (SSSR count). The molecular formula is C21H19N5O. The van der Waals surface area contributed by atoms with Gasteiger partial charge in [-0.1, -0.05) is 36.4 Å². The Labute approximate surface area is 156 Å². The van der Waals surface area contributed by atoms with E-state index in [9.17, 15) is 4.79 Å². The monoisotopic (exact) mass is 357 g/mol. The lowest BCUT2D eigenvalue weighted by Gasteiger charge is -2.06. The van der Waals surface area contributed by atoms with Gasteiger partial charge in [0.2, 0.25) is 0 Å². The summed E-state index contributed by atoms with van der Waals surface area (Å²) in [7, 11) is 0. The van der Waals surface area contributed by atoms with E-state index < -0.39 is 0 Å². The van der Waals surface area contributed by atoms with E-state index in [1.165, 1.54) is 10.9 Å². The maximum Gasteiger partial charge on any atom is 0.271 e. The Morgan fingerprint density at radius 1 is 0.926 bits per heavy atom. The number of aromatic amines is 1. The van der Waals surface area contributed by atoms with Gasteiger partial charge in [-0.15, -0.1) is 10.2 Å². The predicted molar refractivity (Wildman–Crippen MR) is 106 cm³/mol. The lowest BCUT2D eigenvalue weighted by molar-refractivity contribution is 0.0948. The van der Waals surface area contributed by atoms with E-state index in [1.807, 2.05) is 54.7 Å². The molecule has 0 aliphatic heterocycles. The zero-order valence-electron chi connectivity index (χ0n) is 14.6. The van der Waals surface area contributed by atoms with Crippen molar-refractivity contribution < 1.29 is 4.79 Å². The van der Waals surface area contributed by atoms with Crippen LogP contribution in [0.2, 0.25) is 0 Å². The highest BCUT2D eigenvalue weighted by molar-refractivity contribution is 5.92. The molecule has 4 aromatic rings. The Balaban J connectivity index is 1.33. The third-order valence-corrected chi connectivity index (χ3v) is 4.30. The summed E-state index contributed by atoms with van der Waals surface area (Å²) in [6, 6.07) is 21.2. The quantitative estimate of drug-likeness (QED) is 0.492. The minimum atomic E-state index is -0.228. The smallest absolute Gasteiger partial charge is 0.271 e. The topological polar surface area (TPSA) is 82.7 Å². The van der Waals surface area contributed by atoms with Gasteiger partial charge >= 0.3 is 0 Å². The zero-order chi connectivity index (χ0) is 18.5. The van der Waals surface area contributed by atoms with Crippen molar-refractivity contribution in [3.8, 4) is 0 Å².